The number of allylic oxidation sites excluding steroid dienone is 14. The number of hydrogen-bond acceptors (Lipinski definition) is 14. The van der Waals surface area contributed by atoms with Crippen LogP contribution in [0.2, 0.25) is 0 Å². The van der Waals surface area contributed by atoms with Crippen molar-refractivity contribution in [1.29, 1.82) is 0 Å². The van der Waals surface area contributed by atoms with Gasteiger partial charge in [0.2, 0.25) is 0 Å². The molecule has 2 saturated heterocycles. The fourth-order valence-corrected chi connectivity index (χ4v) is 7.86. The number of rotatable bonds is 41. The van der Waals surface area contributed by atoms with Crippen LogP contribution in [0.1, 0.15) is 162 Å². The number of unbranched alkanes of at least 4 members (excludes halogenated alkanes) is 13. The standard InChI is InChI=1S/C56H94O14/c1-3-5-7-9-11-13-15-17-18-19-20-21-22-23-24-25-26-27-29-31-33-35-37-39-48(58)68-45(42-65-40-38-36-34-32-30-28-16-14-12-10-8-6-4-2)43-66-55-54(64)52(62)50(60)47(70-55)44-67-56-53(63)51(61)49(59)46(41-57)69-56/h5,7,11,13,17-18,20-21,23-24,26-27,31,33,45-47,49-57,59-64H,3-4,6,8-10,12,14-16,19,22,25,28-30,32,34-44H2,1-2H3/b7-5-,13-11-,18-17-,21-20-,24-23-,27-26-,33-31-. The van der Waals surface area contributed by atoms with E-state index in [0.717, 1.165) is 64.2 Å². The van der Waals surface area contributed by atoms with Crippen LogP contribution in [-0.2, 0) is 33.2 Å². The lowest BCUT2D eigenvalue weighted by Gasteiger charge is -2.42. The summed E-state index contributed by atoms with van der Waals surface area (Å²) in [5.74, 6) is -0.435. The highest BCUT2D eigenvalue weighted by atomic mass is 16.7. The van der Waals surface area contributed by atoms with E-state index in [9.17, 15) is 40.5 Å². The first-order valence-corrected chi connectivity index (χ1v) is 26.7. The number of aliphatic hydroxyl groups excluding tert-OH is 7. The van der Waals surface area contributed by atoms with Gasteiger partial charge in [0.1, 0.15) is 54.9 Å². The first kappa shape index (κ1) is 63.3. The van der Waals surface area contributed by atoms with E-state index in [4.69, 9.17) is 28.4 Å². The first-order chi connectivity index (χ1) is 34.1. The van der Waals surface area contributed by atoms with Gasteiger partial charge >= 0.3 is 5.97 Å². The molecule has 14 heteroatoms. The molecular weight excluding hydrogens is 897 g/mol. The Labute approximate surface area is 420 Å². The quantitative estimate of drug-likeness (QED) is 0.0174. The van der Waals surface area contributed by atoms with Gasteiger partial charge in [0.05, 0.1) is 26.4 Å². The third kappa shape index (κ3) is 29.6. The van der Waals surface area contributed by atoms with Crippen LogP contribution in [0.15, 0.2) is 85.1 Å². The summed E-state index contributed by atoms with van der Waals surface area (Å²) in [5, 5.41) is 72.2. The zero-order valence-corrected chi connectivity index (χ0v) is 42.7. The number of carbonyl (C=O) groups is 1. The van der Waals surface area contributed by atoms with Gasteiger partial charge < -0.3 is 64.2 Å². The predicted molar refractivity (Wildman–Crippen MR) is 275 cm³/mol. The molecule has 14 nitrogen and oxygen atoms in total. The van der Waals surface area contributed by atoms with Gasteiger partial charge in [-0.1, -0.05) is 176 Å². The van der Waals surface area contributed by atoms with Crippen molar-refractivity contribution < 1.29 is 69.0 Å². The fourth-order valence-electron chi connectivity index (χ4n) is 7.86. The minimum Gasteiger partial charge on any atom is -0.457 e. The van der Waals surface area contributed by atoms with Crippen LogP contribution < -0.4 is 0 Å². The topological polar surface area (TPSA) is 214 Å². The summed E-state index contributed by atoms with van der Waals surface area (Å²) in [7, 11) is 0. The zero-order chi connectivity index (χ0) is 50.9. The average molecular weight is 991 g/mol. The van der Waals surface area contributed by atoms with E-state index in [2.05, 4.69) is 92.8 Å². The lowest BCUT2D eigenvalue weighted by Crippen LogP contribution is -2.61. The van der Waals surface area contributed by atoms with Crippen LogP contribution in [0.25, 0.3) is 0 Å². The molecule has 0 spiro atoms. The second-order valence-corrected chi connectivity index (χ2v) is 18.3. The molecule has 0 bridgehead atoms. The summed E-state index contributed by atoms with van der Waals surface area (Å²) >= 11 is 0. The van der Waals surface area contributed by atoms with Crippen LogP contribution in [0, 0.1) is 0 Å². The summed E-state index contributed by atoms with van der Waals surface area (Å²) in [4.78, 5) is 13.0. The van der Waals surface area contributed by atoms with Gasteiger partial charge in [-0.2, -0.15) is 0 Å². The Morgan fingerprint density at radius 1 is 0.486 bits per heavy atom. The lowest BCUT2D eigenvalue weighted by atomic mass is 9.98. The van der Waals surface area contributed by atoms with Crippen LogP contribution in [0.4, 0.5) is 0 Å². The maximum Gasteiger partial charge on any atom is 0.306 e. The maximum atomic E-state index is 13.0. The molecule has 0 amide bonds. The number of hydrogen-bond donors (Lipinski definition) is 7. The van der Waals surface area contributed by atoms with Crippen LogP contribution >= 0.6 is 0 Å². The van der Waals surface area contributed by atoms with Crippen LogP contribution in [0.3, 0.4) is 0 Å². The number of esters is 1. The molecule has 0 saturated carbocycles. The molecule has 402 valence electrons. The minimum atomic E-state index is -1.72. The molecule has 0 aromatic rings. The normalized spacial score (nSPS) is 26.2. The number of ether oxygens (including phenoxy) is 6. The molecule has 70 heavy (non-hydrogen) atoms. The van der Waals surface area contributed by atoms with E-state index in [-0.39, 0.29) is 19.6 Å². The smallest absolute Gasteiger partial charge is 0.306 e. The van der Waals surface area contributed by atoms with Gasteiger partial charge in [-0.05, 0) is 64.2 Å². The van der Waals surface area contributed by atoms with Crippen molar-refractivity contribution >= 4 is 5.97 Å². The summed E-state index contributed by atoms with van der Waals surface area (Å²) in [6.07, 6.45) is 37.9. The largest absolute Gasteiger partial charge is 0.457 e. The van der Waals surface area contributed by atoms with Gasteiger partial charge in [0.25, 0.3) is 0 Å². The molecule has 7 N–H and O–H groups in total. The highest BCUT2D eigenvalue weighted by Crippen LogP contribution is 2.26. The molecule has 2 heterocycles. The molecule has 0 radical (unpaired) electrons. The van der Waals surface area contributed by atoms with E-state index in [1.54, 1.807) is 0 Å². The Bertz CT molecular complexity index is 1480. The van der Waals surface area contributed by atoms with E-state index < -0.39 is 86.7 Å². The highest BCUT2D eigenvalue weighted by molar-refractivity contribution is 5.69. The van der Waals surface area contributed by atoms with Crippen molar-refractivity contribution in [3.8, 4) is 0 Å². The van der Waals surface area contributed by atoms with Crippen molar-refractivity contribution in [3.63, 3.8) is 0 Å². The fraction of sp³-hybridized carbons (Fsp3) is 0.732. The molecule has 0 aromatic carbocycles. The minimum absolute atomic E-state index is 0.0352. The van der Waals surface area contributed by atoms with Crippen molar-refractivity contribution in [2.45, 2.75) is 229 Å². The third-order valence-corrected chi connectivity index (χ3v) is 12.2. The SMILES string of the molecule is CC/C=C\C/C=C\C/C=C\C/C=C\C/C=C\C/C=C\C/C=C\CCCC(=O)OC(COCCCCCCCCCCCCCCC)COC1OC(COC2OC(CO)C(O)C(O)C2O)C(O)C(O)C1O. The third-order valence-electron chi connectivity index (χ3n) is 12.2. The summed E-state index contributed by atoms with van der Waals surface area (Å²) < 4.78 is 34.2. The zero-order valence-electron chi connectivity index (χ0n) is 42.7. The van der Waals surface area contributed by atoms with E-state index >= 15 is 0 Å². The summed E-state index contributed by atoms with van der Waals surface area (Å²) in [6.45, 7) is 3.48. The second kappa shape index (κ2) is 42.7. The van der Waals surface area contributed by atoms with E-state index in [1.165, 1.54) is 64.2 Å². The van der Waals surface area contributed by atoms with Gasteiger partial charge in [-0.3, -0.25) is 4.79 Å². The second-order valence-electron chi connectivity index (χ2n) is 18.3. The van der Waals surface area contributed by atoms with Crippen LogP contribution in [0.5, 0.6) is 0 Å². The lowest BCUT2D eigenvalue weighted by molar-refractivity contribution is -0.332. The molecule has 0 aliphatic carbocycles. The maximum absolute atomic E-state index is 13.0. The average Bonchev–Trinajstić information content (AvgIpc) is 3.36. The van der Waals surface area contributed by atoms with Crippen molar-refractivity contribution in [3.05, 3.63) is 85.1 Å². The molecule has 2 fully saturated rings. The Balaban J connectivity index is 1.78. The van der Waals surface area contributed by atoms with E-state index in [0.29, 0.717) is 19.4 Å². The molecule has 2 aliphatic heterocycles. The number of carbonyl (C=O) groups excluding carboxylic acids is 1. The highest BCUT2D eigenvalue weighted by Gasteiger charge is 2.47. The molecule has 2 aliphatic rings. The molecule has 2 rings (SSSR count). The first-order valence-electron chi connectivity index (χ1n) is 26.7. The van der Waals surface area contributed by atoms with Gasteiger partial charge in [0.15, 0.2) is 12.6 Å². The van der Waals surface area contributed by atoms with Crippen LogP contribution in [-0.4, -0.2) is 142 Å². The van der Waals surface area contributed by atoms with Gasteiger partial charge in [0, 0.05) is 13.0 Å². The Morgan fingerprint density at radius 2 is 0.914 bits per heavy atom. The monoisotopic (exact) mass is 991 g/mol. The number of aliphatic hydroxyl groups is 7. The molecule has 0 aromatic heterocycles. The molecule has 11 unspecified atom stereocenters. The molecular formula is C56H94O14. The van der Waals surface area contributed by atoms with Crippen molar-refractivity contribution in [2.24, 2.45) is 0 Å². The predicted octanol–water partition coefficient (Wildman–Crippen LogP) is 8.46. The summed E-state index contributed by atoms with van der Waals surface area (Å²) in [6, 6.07) is 0. The molecule has 11 atom stereocenters. The van der Waals surface area contributed by atoms with E-state index in [1.807, 2.05) is 6.08 Å². The summed E-state index contributed by atoms with van der Waals surface area (Å²) in [5.41, 5.74) is 0. The van der Waals surface area contributed by atoms with Crippen molar-refractivity contribution in [1.82, 2.24) is 0 Å². The van der Waals surface area contributed by atoms with Gasteiger partial charge in [-0.25, -0.2) is 0 Å². The van der Waals surface area contributed by atoms with Crippen molar-refractivity contribution in [2.75, 3.05) is 33.0 Å². The Morgan fingerprint density at radius 3 is 1.40 bits per heavy atom. The Kier molecular flexibility index (Phi) is 38.6. The van der Waals surface area contributed by atoms with Gasteiger partial charge in [-0.15, -0.1) is 0 Å². The Hall–Kier alpha value is -2.83.